The molecule has 1 fully saturated rings. The SMILES string of the molecule is COC(C)Cn1cc(CNC2CC2)c2cccnc21. The summed E-state index contributed by atoms with van der Waals surface area (Å²) in [7, 11) is 1.75. The van der Waals surface area contributed by atoms with Gasteiger partial charge in [-0.1, -0.05) is 0 Å². The average molecular weight is 259 g/mol. The summed E-state index contributed by atoms with van der Waals surface area (Å²) in [6, 6.07) is 4.89. The van der Waals surface area contributed by atoms with Crippen LogP contribution in [-0.4, -0.2) is 28.8 Å². The van der Waals surface area contributed by atoms with Gasteiger partial charge >= 0.3 is 0 Å². The quantitative estimate of drug-likeness (QED) is 0.865. The number of ether oxygens (including phenoxy) is 1. The molecule has 2 aromatic heterocycles. The first-order chi connectivity index (χ1) is 9.28. The first-order valence-corrected chi connectivity index (χ1v) is 6.97. The molecule has 0 aliphatic heterocycles. The van der Waals surface area contributed by atoms with Crippen LogP contribution in [0.25, 0.3) is 11.0 Å². The van der Waals surface area contributed by atoms with Crippen molar-refractivity contribution in [3.05, 3.63) is 30.1 Å². The van der Waals surface area contributed by atoms with E-state index in [1.54, 1.807) is 7.11 Å². The second-order valence-electron chi connectivity index (χ2n) is 5.38. The van der Waals surface area contributed by atoms with Gasteiger partial charge in [0.1, 0.15) is 5.65 Å². The molecule has 1 aliphatic rings. The predicted octanol–water partition coefficient (Wildman–Crippen LogP) is 2.32. The summed E-state index contributed by atoms with van der Waals surface area (Å²) in [4.78, 5) is 4.51. The van der Waals surface area contributed by atoms with Crippen molar-refractivity contribution in [2.75, 3.05) is 7.11 Å². The molecule has 1 aliphatic carbocycles. The molecule has 0 spiro atoms. The van der Waals surface area contributed by atoms with Crippen molar-refractivity contribution in [3.63, 3.8) is 0 Å². The van der Waals surface area contributed by atoms with E-state index in [1.807, 2.05) is 12.3 Å². The van der Waals surface area contributed by atoms with Crippen molar-refractivity contribution < 1.29 is 4.74 Å². The molecule has 0 saturated heterocycles. The van der Waals surface area contributed by atoms with Crippen LogP contribution in [-0.2, 0) is 17.8 Å². The summed E-state index contributed by atoms with van der Waals surface area (Å²) in [5.41, 5.74) is 2.39. The largest absolute Gasteiger partial charge is 0.380 e. The van der Waals surface area contributed by atoms with E-state index >= 15 is 0 Å². The number of rotatable bonds is 6. The lowest BCUT2D eigenvalue weighted by Gasteiger charge is -2.10. The van der Waals surface area contributed by atoms with Crippen LogP contribution in [0.3, 0.4) is 0 Å². The van der Waals surface area contributed by atoms with Gasteiger partial charge < -0.3 is 14.6 Å². The number of hydrogen-bond acceptors (Lipinski definition) is 3. The smallest absolute Gasteiger partial charge is 0.140 e. The van der Waals surface area contributed by atoms with Crippen molar-refractivity contribution in [1.82, 2.24) is 14.9 Å². The number of nitrogens with zero attached hydrogens (tertiary/aromatic N) is 2. The molecule has 4 nitrogen and oxygen atoms in total. The second-order valence-corrected chi connectivity index (χ2v) is 5.38. The Labute approximate surface area is 113 Å². The first-order valence-electron chi connectivity index (χ1n) is 6.97. The minimum atomic E-state index is 0.196. The zero-order valence-corrected chi connectivity index (χ0v) is 11.6. The van der Waals surface area contributed by atoms with E-state index in [0.717, 1.165) is 24.8 Å². The third-order valence-corrected chi connectivity index (χ3v) is 3.73. The van der Waals surface area contributed by atoms with E-state index in [0.29, 0.717) is 0 Å². The summed E-state index contributed by atoms with van der Waals surface area (Å²) in [6.45, 7) is 3.85. The molecule has 1 N–H and O–H groups in total. The fourth-order valence-corrected chi connectivity index (χ4v) is 2.37. The third-order valence-electron chi connectivity index (χ3n) is 3.73. The van der Waals surface area contributed by atoms with Crippen LogP contribution in [0.4, 0.5) is 0 Å². The van der Waals surface area contributed by atoms with E-state index in [1.165, 1.54) is 23.8 Å². The molecule has 19 heavy (non-hydrogen) atoms. The molecule has 0 bridgehead atoms. The highest BCUT2D eigenvalue weighted by Gasteiger charge is 2.21. The maximum atomic E-state index is 5.36. The van der Waals surface area contributed by atoms with Gasteiger partial charge in [0.05, 0.1) is 6.10 Å². The fourth-order valence-electron chi connectivity index (χ4n) is 2.37. The van der Waals surface area contributed by atoms with Gasteiger partial charge in [0.15, 0.2) is 0 Å². The van der Waals surface area contributed by atoms with Gasteiger partial charge in [-0.3, -0.25) is 0 Å². The van der Waals surface area contributed by atoms with Gasteiger partial charge in [0.25, 0.3) is 0 Å². The number of pyridine rings is 1. The number of fused-ring (bicyclic) bond motifs is 1. The lowest BCUT2D eigenvalue weighted by atomic mass is 10.2. The van der Waals surface area contributed by atoms with Crippen molar-refractivity contribution in [2.24, 2.45) is 0 Å². The number of aromatic nitrogens is 2. The second kappa shape index (κ2) is 5.31. The van der Waals surface area contributed by atoms with Crippen LogP contribution >= 0.6 is 0 Å². The van der Waals surface area contributed by atoms with Crippen molar-refractivity contribution >= 4 is 11.0 Å². The highest BCUT2D eigenvalue weighted by Crippen LogP contribution is 2.23. The Kier molecular flexibility index (Phi) is 3.53. The molecule has 0 aromatic carbocycles. The Morgan fingerprint density at radius 3 is 3.11 bits per heavy atom. The molecule has 3 rings (SSSR count). The average Bonchev–Trinajstić information content (AvgIpc) is 3.20. The molecule has 0 amide bonds. The lowest BCUT2D eigenvalue weighted by molar-refractivity contribution is 0.104. The standard InChI is InChI=1S/C15H21N3O/c1-11(19-2)9-18-10-12(8-17-13-5-6-13)14-4-3-7-16-15(14)18/h3-4,7,10-11,13,17H,5-6,8-9H2,1-2H3. The molecular weight excluding hydrogens is 238 g/mol. The zero-order valence-electron chi connectivity index (χ0n) is 11.6. The monoisotopic (exact) mass is 259 g/mol. The predicted molar refractivity (Wildman–Crippen MR) is 76.1 cm³/mol. The van der Waals surface area contributed by atoms with E-state index < -0.39 is 0 Å². The van der Waals surface area contributed by atoms with Gasteiger partial charge in [0.2, 0.25) is 0 Å². The Balaban J connectivity index is 1.87. The number of methoxy groups -OCH3 is 1. The lowest BCUT2D eigenvalue weighted by Crippen LogP contribution is -2.15. The molecule has 2 aromatic rings. The highest BCUT2D eigenvalue weighted by molar-refractivity contribution is 5.80. The van der Waals surface area contributed by atoms with Gasteiger partial charge in [0, 0.05) is 44.0 Å². The van der Waals surface area contributed by atoms with Crippen molar-refractivity contribution in [1.29, 1.82) is 0 Å². The van der Waals surface area contributed by atoms with Crippen LogP contribution in [0.1, 0.15) is 25.3 Å². The molecular formula is C15H21N3O. The van der Waals surface area contributed by atoms with Crippen LogP contribution in [0, 0.1) is 0 Å². The third kappa shape index (κ3) is 2.80. The molecule has 1 saturated carbocycles. The maximum absolute atomic E-state index is 5.36. The van der Waals surface area contributed by atoms with Crippen LogP contribution in [0.15, 0.2) is 24.5 Å². The number of nitrogens with one attached hydrogen (secondary N) is 1. The molecule has 102 valence electrons. The summed E-state index contributed by atoms with van der Waals surface area (Å²) in [6.07, 6.45) is 6.90. The zero-order chi connectivity index (χ0) is 13.2. The molecule has 0 radical (unpaired) electrons. The maximum Gasteiger partial charge on any atom is 0.140 e. The van der Waals surface area contributed by atoms with Gasteiger partial charge in [-0.15, -0.1) is 0 Å². The summed E-state index contributed by atoms with van der Waals surface area (Å²) >= 11 is 0. The fraction of sp³-hybridized carbons (Fsp3) is 0.533. The normalized spacial score (nSPS) is 16.9. The Morgan fingerprint density at radius 2 is 2.37 bits per heavy atom. The van der Waals surface area contributed by atoms with Crippen LogP contribution in [0.2, 0.25) is 0 Å². The highest BCUT2D eigenvalue weighted by atomic mass is 16.5. The van der Waals surface area contributed by atoms with E-state index in [2.05, 4.69) is 34.1 Å². The first kappa shape index (κ1) is 12.6. The van der Waals surface area contributed by atoms with Crippen LogP contribution < -0.4 is 5.32 Å². The summed E-state index contributed by atoms with van der Waals surface area (Å²) in [5.74, 6) is 0. The minimum Gasteiger partial charge on any atom is -0.380 e. The Bertz CT molecular complexity index is 560. The van der Waals surface area contributed by atoms with Gasteiger partial charge in [-0.2, -0.15) is 0 Å². The molecule has 1 atom stereocenters. The summed E-state index contributed by atoms with van der Waals surface area (Å²) < 4.78 is 7.56. The molecule has 1 unspecified atom stereocenters. The van der Waals surface area contributed by atoms with Gasteiger partial charge in [-0.25, -0.2) is 4.98 Å². The van der Waals surface area contributed by atoms with E-state index in [-0.39, 0.29) is 6.10 Å². The molecule has 4 heteroatoms. The summed E-state index contributed by atoms with van der Waals surface area (Å²) in [5, 5.41) is 4.82. The van der Waals surface area contributed by atoms with Crippen molar-refractivity contribution in [2.45, 2.75) is 45.0 Å². The van der Waals surface area contributed by atoms with E-state index in [4.69, 9.17) is 4.74 Å². The number of hydrogen-bond donors (Lipinski definition) is 1. The van der Waals surface area contributed by atoms with Gasteiger partial charge in [-0.05, 0) is 37.5 Å². The molecule has 2 heterocycles. The topological polar surface area (TPSA) is 39.1 Å². The van der Waals surface area contributed by atoms with Crippen molar-refractivity contribution in [3.8, 4) is 0 Å². The Morgan fingerprint density at radius 1 is 1.53 bits per heavy atom. The Hall–Kier alpha value is -1.39. The van der Waals surface area contributed by atoms with E-state index in [9.17, 15) is 0 Å². The minimum absolute atomic E-state index is 0.196. The van der Waals surface area contributed by atoms with Crippen LogP contribution in [0.5, 0.6) is 0 Å².